The van der Waals surface area contributed by atoms with Crippen molar-refractivity contribution >= 4 is 43.8 Å². The van der Waals surface area contributed by atoms with Crippen LogP contribution in [-0.4, -0.2) is 80.0 Å². The van der Waals surface area contributed by atoms with Crippen LogP contribution < -0.4 is 10.6 Å². The number of sulfone groups is 1. The average molecular weight is 532 g/mol. The van der Waals surface area contributed by atoms with Crippen molar-refractivity contribution in [3.63, 3.8) is 0 Å². The first kappa shape index (κ1) is 26.3. The van der Waals surface area contributed by atoms with Gasteiger partial charge in [0, 0.05) is 43.7 Å². The molecule has 0 aliphatic carbocycles. The van der Waals surface area contributed by atoms with E-state index in [0.29, 0.717) is 34.5 Å². The SMILES string of the molecule is Cc1nc(NC2CCN(C(=O)/C=C/CN3CCCC3)CC2)sc1C(=O)Nc1ccc(S(C)(=O)=O)cc1. The van der Waals surface area contributed by atoms with Gasteiger partial charge in [-0.25, -0.2) is 13.4 Å². The molecule has 0 spiro atoms. The summed E-state index contributed by atoms with van der Waals surface area (Å²) < 4.78 is 23.2. The number of amides is 2. The Morgan fingerprint density at radius 1 is 1.11 bits per heavy atom. The Balaban J connectivity index is 1.26. The average Bonchev–Trinajstić information content (AvgIpc) is 3.49. The van der Waals surface area contributed by atoms with Crippen molar-refractivity contribution in [2.45, 2.75) is 43.5 Å². The summed E-state index contributed by atoms with van der Waals surface area (Å²) in [6.45, 7) is 6.24. The van der Waals surface area contributed by atoms with Crippen LogP contribution in [0.3, 0.4) is 0 Å². The fourth-order valence-electron chi connectivity index (χ4n) is 4.43. The number of rotatable bonds is 8. The van der Waals surface area contributed by atoms with Crippen LogP contribution in [0.5, 0.6) is 0 Å². The summed E-state index contributed by atoms with van der Waals surface area (Å²) in [7, 11) is -3.29. The number of aromatic nitrogens is 1. The topological polar surface area (TPSA) is 112 Å². The molecule has 0 unspecified atom stereocenters. The molecule has 194 valence electrons. The van der Waals surface area contributed by atoms with Crippen molar-refractivity contribution in [3.8, 4) is 0 Å². The Labute approximate surface area is 216 Å². The Bertz CT molecular complexity index is 1210. The first-order valence-electron chi connectivity index (χ1n) is 12.2. The Kier molecular flexibility index (Phi) is 8.43. The Morgan fingerprint density at radius 2 is 1.78 bits per heavy atom. The van der Waals surface area contributed by atoms with E-state index in [-0.39, 0.29) is 22.8 Å². The number of hydrogen-bond acceptors (Lipinski definition) is 8. The summed E-state index contributed by atoms with van der Waals surface area (Å²) in [5.41, 5.74) is 1.14. The van der Waals surface area contributed by atoms with Gasteiger partial charge < -0.3 is 15.5 Å². The van der Waals surface area contributed by atoms with E-state index in [1.165, 1.54) is 36.3 Å². The van der Waals surface area contributed by atoms with Crippen molar-refractivity contribution in [2.75, 3.05) is 49.6 Å². The van der Waals surface area contributed by atoms with Gasteiger partial charge in [-0.2, -0.15) is 0 Å². The first-order valence-corrected chi connectivity index (χ1v) is 14.9. The molecule has 2 saturated heterocycles. The zero-order chi connectivity index (χ0) is 25.7. The van der Waals surface area contributed by atoms with Crippen molar-refractivity contribution in [2.24, 2.45) is 0 Å². The van der Waals surface area contributed by atoms with Gasteiger partial charge in [0.2, 0.25) is 5.91 Å². The van der Waals surface area contributed by atoms with E-state index in [9.17, 15) is 18.0 Å². The number of benzene rings is 1. The molecular weight excluding hydrogens is 498 g/mol. The lowest BCUT2D eigenvalue weighted by atomic mass is 10.1. The Hall–Kier alpha value is -2.76. The van der Waals surface area contributed by atoms with Gasteiger partial charge in [-0.05, 0) is 70.0 Å². The summed E-state index contributed by atoms with van der Waals surface area (Å²) in [4.78, 5) is 34.7. The van der Waals surface area contributed by atoms with Gasteiger partial charge in [0.1, 0.15) is 4.88 Å². The van der Waals surface area contributed by atoms with E-state index in [1.807, 2.05) is 11.0 Å². The summed E-state index contributed by atoms with van der Waals surface area (Å²) in [6.07, 6.45) is 8.95. The molecule has 2 N–H and O–H groups in total. The number of likely N-dealkylation sites (tertiary alicyclic amines) is 2. The van der Waals surface area contributed by atoms with Gasteiger partial charge in [0.15, 0.2) is 15.0 Å². The minimum Gasteiger partial charge on any atom is -0.359 e. The van der Waals surface area contributed by atoms with Crippen LogP contribution >= 0.6 is 11.3 Å². The van der Waals surface area contributed by atoms with E-state index in [2.05, 4.69) is 20.5 Å². The van der Waals surface area contributed by atoms with E-state index in [1.54, 1.807) is 25.1 Å². The minimum atomic E-state index is -3.29. The van der Waals surface area contributed by atoms with Crippen molar-refractivity contribution in [3.05, 3.63) is 47.0 Å². The third-order valence-electron chi connectivity index (χ3n) is 6.50. The zero-order valence-corrected chi connectivity index (χ0v) is 22.3. The smallest absolute Gasteiger partial charge is 0.267 e. The van der Waals surface area contributed by atoms with Gasteiger partial charge in [0.25, 0.3) is 5.91 Å². The molecule has 11 heteroatoms. The maximum Gasteiger partial charge on any atom is 0.267 e. The predicted octanol–water partition coefficient (Wildman–Crippen LogP) is 3.16. The lowest BCUT2D eigenvalue weighted by Crippen LogP contribution is -2.41. The van der Waals surface area contributed by atoms with Gasteiger partial charge in [-0.3, -0.25) is 14.5 Å². The highest BCUT2D eigenvalue weighted by molar-refractivity contribution is 7.90. The van der Waals surface area contributed by atoms with Crippen molar-refractivity contribution in [1.82, 2.24) is 14.8 Å². The maximum atomic E-state index is 12.8. The van der Waals surface area contributed by atoms with E-state index in [4.69, 9.17) is 0 Å². The molecule has 1 aromatic heterocycles. The number of carbonyl (C=O) groups excluding carboxylic acids is 2. The number of carbonyl (C=O) groups is 2. The number of nitrogens with zero attached hydrogens (tertiary/aromatic N) is 3. The second-order valence-corrected chi connectivity index (χ2v) is 12.4. The van der Waals surface area contributed by atoms with E-state index in [0.717, 1.165) is 38.7 Å². The van der Waals surface area contributed by atoms with Gasteiger partial charge in [-0.1, -0.05) is 17.4 Å². The molecular formula is C25H33N5O4S2. The van der Waals surface area contributed by atoms with Crippen molar-refractivity contribution < 1.29 is 18.0 Å². The summed E-state index contributed by atoms with van der Waals surface area (Å²) in [6, 6.07) is 6.27. The molecule has 2 aromatic rings. The minimum absolute atomic E-state index is 0.0706. The number of nitrogens with one attached hydrogen (secondary N) is 2. The van der Waals surface area contributed by atoms with Gasteiger partial charge in [0.05, 0.1) is 10.6 Å². The molecule has 2 amide bonds. The fourth-order valence-corrected chi connectivity index (χ4v) is 6.00. The molecule has 0 saturated carbocycles. The molecule has 9 nitrogen and oxygen atoms in total. The number of piperidine rings is 1. The van der Waals surface area contributed by atoms with E-state index >= 15 is 0 Å². The highest BCUT2D eigenvalue weighted by Gasteiger charge is 2.23. The summed E-state index contributed by atoms with van der Waals surface area (Å²) in [5.74, 6) is -0.215. The molecule has 0 atom stereocenters. The number of aryl methyl sites for hydroxylation is 1. The molecule has 2 fully saturated rings. The predicted molar refractivity (Wildman–Crippen MR) is 142 cm³/mol. The standard InChI is InChI=1S/C25H33N5O4S2/c1-18-23(24(32)27-19-7-9-21(10-8-19)36(2,33)34)35-25(26-18)28-20-11-16-30(17-12-20)22(31)6-5-15-29-13-3-4-14-29/h5-10,20H,3-4,11-17H2,1-2H3,(H,26,28)(H,27,32)/b6-5+. The third-order valence-corrected chi connectivity index (χ3v) is 8.72. The van der Waals surface area contributed by atoms with Gasteiger partial charge in [-0.15, -0.1) is 0 Å². The molecule has 2 aliphatic heterocycles. The first-order chi connectivity index (χ1) is 17.2. The Morgan fingerprint density at radius 3 is 2.42 bits per heavy atom. The summed E-state index contributed by atoms with van der Waals surface area (Å²) in [5, 5.41) is 6.91. The zero-order valence-electron chi connectivity index (χ0n) is 20.7. The molecule has 0 radical (unpaired) electrons. The van der Waals surface area contributed by atoms with Crippen LogP contribution in [0.25, 0.3) is 0 Å². The summed E-state index contributed by atoms with van der Waals surface area (Å²) >= 11 is 1.29. The number of hydrogen-bond donors (Lipinski definition) is 2. The number of anilines is 2. The highest BCUT2D eigenvalue weighted by atomic mass is 32.2. The lowest BCUT2D eigenvalue weighted by molar-refractivity contribution is -0.126. The van der Waals surface area contributed by atoms with E-state index < -0.39 is 9.84 Å². The lowest BCUT2D eigenvalue weighted by Gasteiger charge is -2.31. The van der Waals surface area contributed by atoms with Gasteiger partial charge >= 0.3 is 0 Å². The molecule has 36 heavy (non-hydrogen) atoms. The van der Waals surface area contributed by atoms with Crippen LogP contribution in [-0.2, 0) is 14.6 Å². The van der Waals surface area contributed by atoms with Crippen LogP contribution in [0, 0.1) is 6.92 Å². The van der Waals surface area contributed by atoms with Crippen molar-refractivity contribution in [1.29, 1.82) is 0 Å². The van der Waals surface area contributed by atoms with Crippen LogP contribution in [0.4, 0.5) is 10.8 Å². The largest absolute Gasteiger partial charge is 0.359 e. The molecule has 1 aromatic carbocycles. The highest BCUT2D eigenvalue weighted by Crippen LogP contribution is 2.26. The second kappa shape index (κ2) is 11.5. The van der Waals surface area contributed by atoms with Crippen LogP contribution in [0.15, 0.2) is 41.3 Å². The quantitative estimate of drug-likeness (QED) is 0.503. The molecule has 0 bridgehead atoms. The van der Waals surface area contributed by atoms with Crippen LogP contribution in [0.2, 0.25) is 0 Å². The normalized spacial score (nSPS) is 17.6. The number of thiazole rings is 1. The maximum absolute atomic E-state index is 12.8. The van der Waals surface area contributed by atoms with Crippen LogP contribution in [0.1, 0.15) is 41.0 Å². The third kappa shape index (κ3) is 6.92. The second-order valence-electron chi connectivity index (χ2n) is 9.34. The monoisotopic (exact) mass is 531 g/mol. The molecule has 3 heterocycles. The fraction of sp³-hybridized carbons (Fsp3) is 0.480. The molecule has 4 rings (SSSR count). The molecule has 2 aliphatic rings.